The number of imidazole rings is 2. The molecule has 0 spiro atoms. The molecular formula is C28H31BrF6N8O6. The van der Waals surface area contributed by atoms with Crippen molar-refractivity contribution in [2.24, 2.45) is 0 Å². The zero-order chi connectivity index (χ0) is 35.8. The molecule has 0 aliphatic carbocycles. The molecule has 6 rings (SSSR count). The highest BCUT2D eigenvalue weighted by molar-refractivity contribution is 9.10. The minimum atomic E-state index is -4.60. The number of esters is 2. The van der Waals surface area contributed by atoms with E-state index in [1.165, 1.54) is 6.20 Å². The number of alkyl halides is 6. The highest BCUT2D eigenvalue weighted by atomic mass is 79.9. The van der Waals surface area contributed by atoms with Crippen molar-refractivity contribution in [3.8, 4) is 0 Å². The Hall–Kier alpha value is -4.08. The standard InChI is InChI=1S/C14H15F3N4O3.C10H7BrF3N3O2.C4H9NO/c1-2-24-13(22)9-7-18-21-8-10(14(15,16)17)19-12(21)11(9)20-3-5-23-6-4-20;1-2-19-9(18)5-3-15-17-4-6(10(12,13)14)16-8(17)7(5)11;1-3-6-4-2-5-1/h7-8H,2-6H2,1H3;3-4H,2H2,1H3;5H,1-4H2. The van der Waals surface area contributed by atoms with Gasteiger partial charge in [0.15, 0.2) is 22.7 Å². The average molecular weight is 769 g/mol. The summed E-state index contributed by atoms with van der Waals surface area (Å²) in [4.78, 5) is 32.6. The van der Waals surface area contributed by atoms with E-state index in [0.717, 1.165) is 53.9 Å². The number of rotatable bonds is 5. The maximum absolute atomic E-state index is 13.0. The third-order valence-electron chi connectivity index (χ3n) is 6.64. The van der Waals surface area contributed by atoms with Gasteiger partial charge in [0.25, 0.3) is 0 Å². The van der Waals surface area contributed by atoms with Crippen LogP contribution < -0.4 is 10.2 Å². The highest BCUT2D eigenvalue weighted by Crippen LogP contribution is 2.33. The number of aromatic nitrogens is 6. The minimum absolute atomic E-state index is 0.0219. The normalized spacial score (nSPS) is 15.2. The molecule has 21 heteroatoms. The van der Waals surface area contributed by atoms with Crippen LogP contribution in [-0.2, 0) is 31.3 Å². The van der Waals surface area contributed by atoms with E-state index in [1.54, 1.807) is 18.7 Å². The molecule has 0 bridgehead atoms. The molecular weight excluding hydrogens is 738 g/mol. The molecule has 0 unspecified atom stereocenters. The van der Waals surface area contributed by atoms with Crippen LogP contribution >= 0.6 is 15.9 Å². The molecule has 0 radical (unpaired) electrons. The van der Waals surface area contributed by atoms with E-state index < -0.39 is 35.7 Å². The Morgan fingerprint density at radius 2 is 1.27 bits per heavy atom. The number of carbonyl (C=O) groups excluding carboxylic acids is 2. The van der Waals surface area contributed by atoms with Crippen molar-refractivity contribution >= 4 is 44.9 Å². The number of hydrogen-bond acceptors (Lipinski definition) is 12. The SMILES string of the molecule is C1COCCN1.CCOC(=O)c1cnn2cc(C(F)(F)F)nc2c1Br.CCOC(=O)c1cnn2cc(C(F)(F)F)nc2c1N1CCOCC1. The number of morpholine rings is 2. The Kier molecular flexibility index (Phi) is 12.7. The summed E-state index contributed by atoms with van der Waals surface area (Å²) in [6, 6.07) is 0. The second-order valence-electron chi connectivity index (χ2n) is 9.97. The smallest absolute Gasteiger partial charge is 0.434 e. The van der Waals surface area contributed by atoms with Crippen LogP contribution in [0.15, 0.2) is 29.3 Å². The molecule has 0 aromatic carbocycles. The Balaban J connectivity index is 0.000000192. The van der Waals surface area contributed by atoms with Gasteiger partial charge >= 0.3 is 24.3 Å². The van der Waals surface area contributed by atoms with E-state index in [-0.39, 0.29) is 45.8 Å². The van der Waals surface area contributed by atoms with Gasteiger partial charge in [0, 0.05) is 26.2 Å². The molecule has 0 atom stereocenters. The maximum Gasteiger partial charge on any atom is 0.434 e. The van der Waals surface area contributed by atoms with E-state index in [4.69, 9.17) is 18.9 Å². The highest BCUT2D eigenvalue weighted by Gasteiger charge is 2.36. The van der Waals surface area contributed by atoms with Gasteiger partial charge in [-0.15, -0.1) is 0 Å². The number of anilines is 1. The summed E-state index contributed by atoms with van der Waals surface area (Å²) in [6.45, 7) is 9.08. The Labute approximate surface area is 282 Å². The summed E-state index contributed by atoms with van der Waals surface area (Å²) in [7, 11) is 0. The fourth-order valence-corrected chi connectivity index (χ4v) is 4.96. The molecule has 268 valence electrons. The molecule has 2 fully saturated rings. The van der Waals surface area contributed by atoms with Gasteiger partial charge in [-0.05, 0) is 29.8 Å². The number of hydrogen-bond donors (Lipinski definition) is 1. The Bertz CT molecular complexity index is 1730. The zero-order valence-corrected chi connectivity index (χ0v) is 27.7. The molecule has 0 amide bonds. The number of nitrogens with one attached hydrogen (secondary N) is 1. The molecule has 14 nitrogen and oxygen atoms in total. The lowest BCUT2D eigenvalue weighted by Gasteiger charge is -2.30. The van der Waals surface area contributed by atoms with E-state index in [0.29, 0.717) is 26.3 Å². The third kappa shape index (κ3) is 9.55. The van der Waals surface area contributed by atoms with Gasteiger partial charge in [-0.1, -0.05) is 0 Å². The second kappa shape index (κ2) is 16.5. The van der Waals surface area contributed by atoms with Crippen LogP contribution in [0, 0.1) is 0 Å². The Morgan fingerprint density at radius 3 is 1.73 bits per heavy atom. The summed E-state index contributed by atoms with van der Waals surface area (Å²) in [6.07, 6.45) is -5.30. The lowest BCUT2D eigenvalue weighted by Crippen LogP contribution is -2.37. The number of fused-ring (bicyclic) bond motifs is 2. The first kappa shape index (κ1) is 37.7. The van der Waals surface area contributed by atoms with Crippen molar-refractivity contribution in [1.82, 2.24) is 34.5 Å². The van der Waals surface area contributed by atoms with Gasteiger partial charge in [0.05, 0.1) is 80.2 Å². The largest absolute Gasteiger partial charge is 0.462 e. The number of nitrogens with zero attached hydrogens (tertiary/aromatic N) is 7. The summed E-state index contributed by atoms with van der Waals surface area (Å²) < 4.78 is 98.5. The summed E-state index contributed by atoms with van der Waals surface area (Å²) in [5, 5.41) is 10.7. The molecule has 2 aliphatic rings. The van der Waals surface area contributed by atoms with Gasteiger partial charge in [-0.2, -0.15) is 36.5 Å². The van der Waals surface area contributed by atoms with E-state index in [2.05, 4.69) is 41.4 Å². The van der Waals surface area contributed by atoms with Crippen molar-refractivity contribution in [1.29, 1.82) is 0 Å². The minimum Gasteiger partial charge on any atom is -0.462 e. The van der Waals surface area contributed by atoms with Crippen LogP contribution in [0.1, 0.15) is 46.0 Å². The number of ether oxygens (including phenoxy) is 4. The van der Waals surface area contributed by atoms with E-state index in [1.807, 2.05) is 0 Å². The van der Waals surface area contributed by atoms with Gasteiger partial charge in [0.1, 0.15) is 5.56 Å². The molecule has 4 aromatic rings. The molecule has 2 saturated heterocycles. The molecule has 2 aliphatic heterocycles. The second-order valence-corrected chi connectivity index (χ2v) is 10.8. The van der Waals surface area contributed by atoms with Gasteiger partial charge in [0.2, 0.25) is 0 Å². The third-order valence-corrected chi connectivity index (χ3v) is 7.43. The first-order valence-electron chi connectivity index (χ1n) is 14.8. The fourth-order valence-electron chi connectivity index (χ4n) is 4.43. The number of carbonyl (C=O) groups is 2. The van der Waals surface area contributed by atoms with Crippen LogP contribution in [0.5, 0.6) is 0 Å². The molecule has 1 N–H and O–H groups in total. The van der Waals surface area contributed by atoms with Crippen molar-refractivity contribution in [3.63, 3.8) is 0 Å². The molecule has 49 heavy (non-hydrogen) atoms. The van der Waals surface area contributed by atoms with E-state index >= 15 is 0 Å². The van der Waals surface area contributed by atoms with Crippen molar-refractivity contribution < 1.29 is 54.9 Å². The van der Waals surface area contributed by atoms with Crippen LogP contribution in [0.4, 0.5) is 32.0 Å². The van der Waals surface area contributed by atoms with Crippen LogP contribution in [0.3, 0.4) is 0 Å². The first-order valence-corrected chi connectivity index (χ1v) is 15.6. The van der Waals surface area contributed by atoms with Crippen molar-refractivity contribution in [3.05, 3.63) is 51.8 Å². The van der Waals surface area contributed by atoms with Crippen molar-refractivity contribution in [2.45, 2.75) is 26.2 Å². The van der Waals surface area contributed by atoms with Gasteiger partial charge < -0.3 is 29.2 Å². The quantitative estimate of drug-likeness (QED) is 0.231. The Morgan fingerprint density at radius 1 is 0.796 bits per heavy atom. The topological polar surface area (TPSA) is 147 Å². The van der Waals surface area contributed by atoms with Gasteiger partial charge in [-0.25, -0.2) is 28.6 Å². The molecule has 6 heterocycles. The van der Waals surface area contributed by atoms with E-state index in [9.17, 15) is 35.9 Å². The van der Waals surface area contributed by atoms with Crippen LogP contribution in [0.25, 0.3) is 11.3 Å². The first-order chi connectivity index (χ1) is 23.3. The number of halogens is 7. The monoisotopic (exact) mass is 768 g/mol. The summed E-state index contributed by atoms with van der Waals surface area (Å²) in [5.41, 5.74) is -1.89. The summed E-state index contributed by atoms with van der Waals surface area (Å²) in [5.74, 6) is -1.33. The molecule has 0 saturated carbocycles. The van der Waals surface area contributed by atoms with Crippen LogP contribution in [-0.4, -0.2) is 107 Å². The molecule has 4 aromatic heterocycles. The van der Waals surface area contributed by atoms with Gasteiger partial charge in [-0.3, -0.25) is 0 Å². The lowest BCUT2D eigenvalue weighted by atomic mass is 10.2. The maximum atomic E-state index is 13.0. The lowest BCUT2D eigenvalue weighted by molar-refractivity contribution is -0.141. The fraction of sp³-hybridized carbons (Fsp3) is 0.500. The zero-order valence-electron chi connectivity index (χ0n) is 26.1. The average Bonchev–Trinajstić information content (AvgIpc) is 3.73. The predicted molar refractivity (Wildman–Crippen MR) is 162 cm³/mol. The predicted octanol–water partition coefficient (Wildman–Crippen LogP) is 4.05. The van der Waals surface area contributed by atoms with Crippen molar-refractivity contribution in [2.75, 3.05) is 70.7 Å². The van der Waals surface area contributed by atoms with Crippen LogP contribution in [0.2, 0.25) is 0 Å². The summed E-state index contributed by atoms with van der Waals surface area (Å²) >= 11 is 3.04.